The third kappa shape index (κ3) is 7.11. The van der Waals surface area contributed by atoms with E-state index in [1.165, 1.54) is 4.90 Å². The van der Waals surface area contributed by atoms with Crippen molar-refractivity contribution in [3.05, 3.63) is 0 Å². The van der Waals surface area contributed by atoms with Crippen molar-refractivity contribution < 1.29 is 19.4 Å². The van der Waals surface area contributed by atoms with Crippen molar-refractivity contribution in [2.24, 2.45) is 5.92 Å². The molecule has 0 spiro atoms. The summed E-state index contributed by atoms with van der Waals surface area (Å²) >= 11 is 0. The fourth-order valence-corrected chi connectivity index (χ4v) is 1.28. The summed E-state index contributed by atoms with van der Waals surface area (Å²) in [5.41, 5.74) is 0. The highest BCUT2D eigenvalue weighted by Gasteiger charge is 2.18. The molecule has 0 rings (SSSR count). The van der Waals surface area contributed by atoms with Crippen molar-refractivity contribution in [1.29, 1.82) is 0 Å². The molecule has 0 aromatic carbocycles. The topological polar surface area (TPSA) is 78.9 Å². The Morgan fingerprint density at radius 3 is 2.44 bits per heavy atom. The van der Waals surface area contributed by atoms with Gasteiger partial charge in [-0.1, -0.05) is 13.8 Å². The van der Waals surface area contributed by atoms with Crippen molar-refractivity contribution in [2.45, 2.75) is 33.2 Å². The van der Waals surface area contributed by atoms with Crippen LogP contribution >= 0.6 is 0 Å². The molecule has 18 heavy (non-hydrogen) atoms. The molecule has 6 nitrogen and oxygen atoms in total. The van der Waals surface area contributed by atoms with Crippen molar-refractivity contribution in [2.75, 3.05) is 26.8 Å². The fraction of sp³-hybridized carbons (Fsp3) is 0.833. The number of rotatable bonds is 8. The normalized spacial score (nSPS) is 12.3. The van der Waals surface area contributed by atoms with E-state index in [-0.39, 0.29) is 31.0 Å². The van der Waals surface area contributed by atoms with Crippen LogP contribution in [-0.2, 0) is 9.53 Å². The molecule has 0 aliphatic rings. The number of urea groups is 1. The summed E-state index contributed by atoms with van der Waals surface area (Å²) in [6.45, 7) is 7.17. The van der Waals surface area contributed by atoms with Crippen LogP contribution in [0, 0.1) is 5.92 Å². The molecular formula is C12H24N2O4. The summed E-state index contributed by atoms with van der Waals surface area (Å²) in [5.74, 6) is -0.655. The van der Waals surface area contributed by atoms with Crippen LogP contribution in [-0.4, -0.2) is 54.9 Å². The van der Waals surface area contributed by atoms with Gasteiger partial charge in [0.25, 0.3) is 0 Å². The lowest BCUT2D eigenvalue weighted by Gasteiger charge is -2.25. The molecule has 0 fully saturated rings. The number of hydrogen-bond donors (Lipinski definition) is 2. The van der Waals surface area contributed by atoms with Crippen LogP contribution in [0.25, 0.3) is 0 Å². The Bertz CT molecular complexity index is 269. The van der Waals surface area contributed by atoms with Crippen LogP contribution in [0.1, 0.15) is 27.2 Å². The molecular weight excluding hydrogens is 236 g/mol. The van der Waals surface area contributed by atoms with Gasteiger partial charge in [-0.3, -0.25) is 4.79 Å². The number of carbonyl (C=O) groups is 2. The molecule has 106 valence electrons. The zero-order chi connectivity index (χ0) is 14.1. The van der Waals surface area contributed by atoms with E-state index < -0.39 is 5.97 Å². The first kappa shape index (κ1) is 16.7. The van der Waals surface area contributed by atoms with Gasteiger partial charge in [0.1, 0.15) is 0 Å². The van der Waals surface area contributed by atoms with Crippen LogP contribution in [0.5, 0.6) is 0 Å². The number of carboxylic acids is 1. The van der Waals surface area contributed by atoms with Gasteiger partial charge in [0.2, 0.25) is 0 Å². The van der Waals surface area contributed by atoms with E-state index in [0.717, 1.165) is 0 Å². The first-order chi connectivity index (χ1) is 8.38. The second kappa shape index (κ2) is 8.74. The van der Waals surface area contributed by atoms with E-state index in [2.05, 4.69) is 5.32 Å². The molecule has 0 radical (unpaired) electrons. The molecule has 0 saturated heterocycles. The summed E-state index contributed by atoms with van der Waals surface area (Å²) in [7, 11) is 1.58. The smallest absolute Gasteiger partial charge is 0.317 e. The molecule has 6 heteroatoms. The molecule has 2 N–H and O–H groups in total. The Balaban J connectivity index is 4.18. The van der Waals surface area contributed by atoms with Crippen molar-refractivity contribution in [3.63, 3.8) is 0 Å². The number of nitrogens with zero attached hydrogens (tertiary/aromatic N) is 1. The standard InChI is InChI=1S/C12H24N2O4/c1-5-18-8-10(9(2)3)13-12(17)14(4)7-6-11(15)16/h9-10H,5-8H2,1-4H3,(H,13,17)(H,15,16). The minimum Gasteiger partial charge on any atom is -0.481 e. The van der Waals surface area contributed by atoms with Gasteiger partial charge in [0, 0.05) is 20.2 Å². The van der Waals surface area contributed by atoms with Gasteiger partial charge in [0.15, 0.2) is 0 Å². The van der Waals surface area contributed by atoms with E-state index in [0.29, 0.717) is 13.2 Å². The Labute approximate surface area is 108 Å². The van der Waals surface area contributed by atoms with Crippen LogP contribution in [0.15, 0.2) is 0 Å². The van der Waals surface area contributed by atoms with Crippen molar-refractivity contribution in [1.82, 2.24) is 10.2 Å². The van der Waals surface area contributed by atoms with E-state index in [4.69, 9.17) is 9.84 Å². The van der Waals surface area contributed by atoms with Gasteiger partial charge >= 0.3 is 12.0 Å². The van der Waals surface area contributed by atoms with Gasteiger partial charge in [-0.2, -0.15) is 0 Å². The molecule has 0 aromatic rings. The van der Waals surface area contributed by atoms with Gasteiger partial charge in [-0.15, -0.1) is 0 Å². The van der Waals surface area contributed by atoms with Crippen molar-refractivity contribution >= 4 is 12.0 Å². The third-order valence-electron chi connectivity index (χ3n) is 2.62. The van der Waals surface area contributed by atoms with Gasteiger partial charge in [-0.05, 0) is 12.8 Å². The highest BCUT2D eigenvalue weighted by atomic mass is 16.5. The molecule has 2 amide bonds. The van der Waals surface area contributed by atoms with Gasteiger partial charge in [-0.25, -0.2) is 4.79 Å². The SMILES string of the molecule is CCOCC(NC(=O)N(C)CCC(=O)O)C(C)C. The first-order valence-electron chi connectivity index (χ1n) is 6.19. The molecule has 0 aliphatic carbocycles. The lowest BCUT2D eigenvalue weighted by Crippen LogP contribution is -2.47. The molecule has 1 atom stereocenters. The van der Waals surface area contributed by atoms with Gasteiger partial charge in [0.05, 0.1) is 19.1 Å². The Morgan fingerprint density at radius 2 is 2.00 bits per heavy atom. The number of hydrogen-bond acceptors (Lipinski definition) is 3. The molecule has 1 unspecified atom stereocenters. The Morgan fingerprint density at radius 1 is 1.39 bits per heavy atom. The fourth-order valence-electron chi connectivity index (χ4n) is 1.28. The monoisotopic (exact) mass is 260 g/mol. The minimum atomic E-state index is -0.913. The quantitative estimate of drug-likeness (QED) is 0.686. The van der Waals surface area contributed by atoms with Crippen LogP contribution in [0.2, 0.25) is 0 Å². The Kier molecular flexibility index (Phi) is 8.11. The van der Waals surface area contributed by atoms with E-state index in [9.17, 15) is 9.59 Å². The summed E-state index contributed by atoms with van der Waals surface area (Å²) < 4.78 is 5.31. The average Bonchev–Trinajstić information content (AvgIpc) is 2.30. The highest BCUT2D eigenvalue weighted by molar-refractivity contribution is 5.75. The summed E-state index contributed by atoms with van der Waals surface area (Å²) in [4.78, 5) is 23.6. The molecule has 0 bridgehead atoms. The van der Waals surface area contributed by atoms with Crippen LogP contribution in [0.4, 0.5) is 4.79 Å². The number of ether oxygens (including phenoxy) is 1. The Hall–Kier alpha value is -1.30. The lowest BCUT2D eigenvalue weighted by molar-refractivity contribution is -0.137. The number of aliphatic carboxylic acids is 1. The predicted octanol–water partition coefficient (Wildman–Crippen LogP) is 1.16. The third-order valence-corrected chi connectivity index (χ3v) is 2.62. The zero-order valence-electron chi connectivity index (χ0n) is 11.6. The largest absolute Gasteiger partial charge is 0.481 e. The predicted molar refractivity (Wildman–Crippen MR) is 68.5 cm³/mol. The second-order valence-electron chi connectivity index (χ2n) is 4.52. The maximum atomic E-state index is 11.8. The van der Waals surface area contributed by atoms with Crippen LogP contribution in [0.3, 0.4) is 0 Å². The number of nitrogens with one attached hydrogen (secondary N) is 1. The maximum Gasteiger partial charge on any atom is 0.317 e. The number of amides is 2. The van der Waals surface area contributed by atoms with Crippen LogP contribution < -0.4 is 5.32 Å². The zero-order valence-corrected chi connectivity index (χ0v) is 11.6. The summed E-state index contributed by atoms with van der Waals surface area (Å²) in [5, 5.41) is 11.4. The second-order valence-corrected chi connectivity index (χ2v) is 4.52. The molecule has 0 heterocycles. The average molecular weight is 260 g/mol. The number of carbonyl (C=O) groups excluding carboxylic acids is 1. The molecule has 0 aliphatic heterocycles. The van der Waals surface area contributed by atoms with Crippen molar-refractivity contribution in [3.8, 4) is 0 Å². The highest BCUT2D eigenvalue weighted by Crippen LogP contribution is 2.03. The molecule has 0 aromatic heterocycles. The van der Waals surface area contributed by atoms with E-state index in [1.807, 2.05) is 20.8 Å². The van der Waals surface area contributed by atoms with E-state index in [1.54, 1.807) is 7.05 Å². The van der Waals surface area contributed by atoms with Gasteiger partial charge < -0.3 is 20.1 Å². The molecule has 0 saturated carbocycles. The maximum absolute atomic E-state index is 11.8. The summed E-state index contributed by atoms with van der Waals surface area (Å²) in [6.07, 6.45) is -0.0538. The summed E-state index contributed by atoms with van der Waals surface area (Å²) in [6, 6.07) is -0.334. The van der Waals surface area contributed by atoms with E-state index >= 15 is 0 Å². The first-order valence-corrected chi connectivity index (χ1v) is 6.19. The number of carboxylic acid groups (broad SMARTS) is 1. The minimum absolute atomic E-state index is 0.0538. The lowest BCUT2D eigenvalue weighted by atomic mass is 10.1.